The van der Waals surface area contributed by atoms with Crippen molar-refractivity contribution in [3.63, 3.8) is 0 Å². The van der Waals surface area contributed by atoms with Gasteiger partial charge in [-0.25, -0.2) is 12.7 Å². The molecule has 5 rings (SSSR count). The molecule has 7 nitrogen and oxygen atoms in total. The zero-order chi connectivity index (χ0) is 29.9. The van der Waals surface area contributed by atoms with Crippen LogP contribution in [0.3, 0.4) is 0 Å². The maximum absolute atomic E-state index is 13.0. The molecule has 0 saturated carbocycles. The number of benzene rings is 3. The van der Waals surface area contributed by atoms with Crippen molar-refractivity contribution in [3.8, 4) is 16.9 Å². The van der Waals surface area contributed by atoms with Gasteiger partial charge in [-0.05, 0) is 77.8 Å². The number of piperidine rings is 1. The van der Waals surface area contributed by atoms with Crippen molar-refractivity contribution in [2.24, 2.45) is 5.73 Å². The maximum atomic E-state index is 13.0. The quantitative estimate of drug-likeness (QED) is 0.223. The summed E-state index contributed by atoms with van der Waals surface area (Å²) in [6, 6.07) is 18.5. The number of halogens is 3. The number of amides is 1. The fourth-order valence-corrected chi connectivity index (χ4v) is 7.07. The van der Waals surface area contributed by atoms with E-state index in [2.05, 4.69) is 11.1 Å². The van der Waals surface area contributed by atoms with Gasteiger partial charge in [0.15, 0.2) is 0 Å². The molecule has 1 fully saturated rings. The summed E-state index contributed by atoms with van der Waals surface area (Å²) in [6.07, 6.45) is -1.00. The largest absolute Gasteiger partial charge is 0.494 e. The Bertz CT molecular complexity index is 1660. The Balaban J connectivity index is 1.23. The first-order chi connectivity index (χ1) is 20.0. The summed E-state index contributed by atoms with van der Waals surface area (Å²) in [6.45, 7) is 0.713. The van der Waals surface area contributed by atoms with Gasteiger partial charge >= 0.3 is 6.18 Å². The van der Waals surface area contributed by atoms with Crippen LogP contribution in [-0.2, 0) is 27.4 Å². The first-order valence-corrected chi connectivity index (χ1v) is 15.4. The van der Waals surface area contributed by atoms with Crippen molar-refractivity contribution in [3.05, 3.63) is 89.6 Å². The van der Waals surface area contributed by atoms with Crippen LogP contribution in [0.4, 0.5) is 13.2 Å². The van der Waals surface area contributed by atoms with Crippen LogP contribution in [0.1, 0.15) is 41.9 Å². The highest BCUT2D eigenvalue weighted by Gasteiger charge is 2.31. The number of sulfonamides is 1. The van der Waals surface area contributed by atoms with Crippen LogP contribution < -0.4 is 10.5 Å². The second-order valence-electron chi connectivity index (χ2n) is 10.5. The van der Waals surface area contributed by atoms with Gasteiger partial charge in [0, 0.05) is 30.2 Å². The van der Waals surface area contributed by atoms with E-state index >= 15 is 0 Å². The fraction of sp³-hybridized carbons (Fsp3) is 0.323. The molecule has 2 heterocycles. The zero-order valence-corrected chi connectivity index (χ0v) is 23.7. The normalized spacial score (nSPS) is 15.2. The number of fused-ring (bicyclic) bond motifs is 1. The minimum atomic E-state index is -4.47. The molecule has 1 aliphatic rings. The van der Waals surface area contributed by atoms with Gasteiger partial charge in [-0.3, -0.25) is 4.79 Å². The van der Waals surface area contributed by atoms with Crippen LogP contribution >= 0.6 is 0 Å². The highest BCUT2D eigenvalue weighted by molar-refractivity contribution is 7.89. The summed E-state index contributed by atoms with van der Waals surface area (Å²) in [5.74, 6) is -0.393. The Morgan fingerprint density at radius 2 is 1.74 bits per heavy atom. The van der Waals surface area contributed by atoms with E-state index in [4.69, 9.17) is 10.5 Å². The maximum Gasteiger partial charge on any atom is 0.416 e. The predicted molar refractivity (Wildman–Crippen MR) is 156 cm³/mol. The molecule has 3 N–H and O–H groups in total. The van der Waals surface area contributed by atoms with E-state index in [1.165, 1.54) is 16.4 Å². The second kappa shape index (κ2) is 12.2. The van der Waals surface area contributed by atoms with Gasteiger partial charge in [-0.1, -0.05) is 36.4 Å². The molecule has 1 saturated heterocycles. The standard InChI is InChI=1S/C31H32F3N3O4S/c32-31(33,34)25-8-4-9-26(19-25)41-14-5-15-42(39,40)37-12-10-22(11-13-37)28-20-36-30-24(18-29(35)38)16-23(17-27(28)30)21-6-2-1-3-7-21/h1-4,6-9,16-17,19-20,22,36H,5,10-15,18H2,(H2,35,38). The lowest BCUT2D eigenvalue weighted by Gasteiger charge is -2.31. The number of carbonyl (C=O) groups is 1. The van der Waals surface area contributed by atoms with Gasteiger partial charge in [0.1, 0.15) is 5.75 Å². The SMILES string of the molecule is NC(=O)Cc1cc(-c2ccccc2)cc2c(C3CCN(S(=O)(=O)CCCOc4cccc(C(F)(F)F)c4)CC3)c[nH]c12. The van der Waals surface area contributed by atoms with E-state index in [-0.39, 0.29) is 36.9 Å². The summed E-state index contributed by atoms with van der Waals surface area (Å²) in [5.41, 5.74) is 9.49. The van der Waals surface area contributed by atoms with Crippen molar-refractivity contribution < 1.29 is 31.1 Å². The summed E-state index contributed by atoms with van der Waals surface area (Å²) < 4.78 is 71.6. The average Bonchev–Trinajstić information content (AvgIpc) is 3.40. The lowest BCUT2D eigenvalue weighted by atomic mass is 9.88. The number of nitrogens with two attached hydrogens (primary N) is 1. The monoisotopic (exact) mass is 599 g/mol. The second-order valence-corrected chi connectivity index (χ2v) is 12.6. The Kier molecular flexibility index (Phi) is 8.60. The molecule has 1 amide bonds. The third-order valence-electron chi connectivity index (χ3n) is 7.64. The first-order valence-electron chi connectivity index (χ1n) is 13.8. The van der Waals surface area contributed by atoms with Gasteiger partial charge in [-0.2, -0.15) is 13.2 Å². The van der Waals surface area contributed by atoms with Crippen LogP contribution in [0, 0.1) is 0 Å². The number of primary amides is 1. The lowest BCUT2D eigenvalue weighted by Crippen LogP contribution is -2.39. The number of H-pyrrole nitrogens is 1. The van der Waals surface area contributed by atoms with Gasteiger partial charge in [0.05, 0.1) is 24.3 Å². The van der Waals surface area contributed by atoms with Crippen molar-refractivity contribution >= 4 is 26.8 Å². The van der Waals surface area contributed by atoms with Crippen molar-refractivity contribution in [2.45, 2.75) is 37.8 Å². The average molecular weight is 600 g/mol. The topological polar surface area (TPSA) is 105 Å². The predicted octanol–water partition coefficient (Wildman–Crippen LogP) is 5.86. The number of ether oxygens (including phenoxy) is 1. The van der Waals surface area contributed by atoms with E-state index in [1.54, 1.807) is 0 Å². The Morgan fingerprint density at radius 1 is 1.00 bits per heavy atom. The van der Waals surface area contributed by atoms with Gasteiger partial charge in [-0.15, -0.1) is 0 Å². The number of carbonyl (C=O) groups excluding carboxylic acids is 1. The number of aromatic amines is 1. The molecule has 0 spiro atoms. The van der Waals surface area contributed by atoms with Crippen molar-refractivity contribution in [1.29, 1.82) is 0 Å². The highest BCUT2D eigenvalue weighted by atomic mass is 32.2. The number of nitrogens with one attached hydrogen (secondary N) is 1. The Labute approximate surface area is 242 Å². The zero-order valence-electron chi connectivity index (χ0n) is 22.9. The van der Waals surface area contributed by atoms with Crippen LogP contribution in [0.15, 0.2) is 72.9 Å². The van der Waals surface area contributed by atoms with Crippen molar-refractivity contribution in [1.82, 2.24) is 9.29 Å². The summed E-state index contributed by atoms with van der Waals surface area (Å²) in [5, 5.41) is 1.00. The Hall–Kier alpha value is -3.83. The molecule has 0 aliphatic carbocycles. The number of hydrogen-bond donors (Lipinski definition) is 2. The molecule has 42 heavy (non-hydrogen) atoms. The molecule has 0 radical (unpaired) electrons. The number of nitrogens with zero attached hydrogens (tertiary/aromatic N) is 1. The molecule has 4 aromatic rings. The van der Waals surface area contributed by atoms with Gasteiger partial charge in [0.25, 0.3) is 0 Å². The molecule has 3 aromatic carbocycles. The first kappa shape index (κ1) is 29.7. The summed E-state index contributed by atoms with van der Waals surface area (Å²) >= 11 is 0. The molecular formula is C31H32F3N3O4S. The molecule has 0 bridgehead atoms. The van der Waals surface area contributed by atoms with Gasteiger partial charge < -0.3 is 15.5 Å². The molecule has 11 heteroatoms. The lowest BCUT2D eigenvalue weighted by molar-refractivity contribution is -0.137. The molecule has 1 aromatic heterocycles. The third kappa shape index (κ3) is 6.79. The number of rotatable bonds is 10. The van der Waals surface area contributed by atoms with E-state index in [9.17, 15) is 26.4 Å². The third-order valence-corrected chi connectivity index (χ3v) is 9.60. The van der Waals surface area contributed by atoms with Gasteiger partial charge in [0.2, 0.25) is 15.9 Å². The van der Waals surface area contributed by atoms with Crippen LogP contribution in [-0.4, -0.2) is 49.1 Å². The smallest absolute Gasteiger partial charge is 0.416 e. The van der Waals surface area contributed by atoms with E-state index in [0.717, 1.165) is 45.3 Å². The molecule has 0 atom stereocenters. The fourth-order valence-electron chi connectivity index (χ4n) is 5.56. The molecular weight excluding hydrogens is 567 g/mol. The minimum absolute atomic E-state index is 0.0102. The van der Waals surface area contributed by atoms with E-state index in [0.29, 0.717) is 25.9 Å². The number of alkyl halides is 3. The van der Waals surface area contributed by atoms with E-state index in [1.807, 2.05) is 42.6 Å². The molecule has 222 valence electrons. The number of hydrogen-bond acceptors (Lipinski definition) is 4. The molecule has 1 aliphatic heterocycles. The Morgan fingerprint density at radius 3 is 2.43 bits per heavy atom. The number of aromatic nitrogens is 1. The van der Waals surface area contributed by atoms with Crippen molar-refractivity contribution in [2.75, 3.05) is 25.4 Å². The minimum Gasteiger partial charge on any atom is -0.494 e. The highest BCUT2D eigenvalue weighted by Crippen LogP contribution is 2.37. The van der Waals surface area contributed by atoms with Crippen LogP contribution in [0.25, 0.3) is 22.0 Å². The summed E-state index contributed by atoms with van der Waals surface area (Å²) in [7, 11) is -3.55. The van der Waals surface area contributed by atoms with E-state index < -0.39 is 27.7 Å². The molecule has 0 unspecified atom stereocenters. The van der Waals surface area contributed by atoms with Crippen LogP contribution in [0.5, 0.6) is 5.75 Å². The summed E-state index contributed by atoms with van der Waals surface area (Å²) in [4.78, 5) is 15.1. The van der Waals surface area contributed by atoms with Crippen LogP contribution in [0.2, 0.25) is 0 Å².